The molecule has 14 heavy (non-hydrogen) atoms. The van der Waals surface area contributed by atoms with Crippen molar-refractivity contribution in [2.75, 3.05) is 0 Å². The van der Waals surface area contributed by atoms with Crippen molar-refractivity contribution < 1.29 is 9.59 Å². The van der Waals surface area contributed by atoms with Crippen LogP contribution in [-0.4, -0.2) is 16.1 Å². The van der Waals surface area contributed by atoms with Crippen molar-refractivity contribution in [2.24, 2.45) is 5.92 Å². The van der Waals surface area contributed by atoms with Crippen LogP contribution in [0.15, 0.2) is 21.1 Å². The molecule has 3 nitrogen and oxygen atoms in total. The monoisotopic (exact) mass is 383 g/mol. The molecule has 0 bridgehead atoms. The van der Waals surface area contributed by atoms with Gasteiger partial charge in [-0.3, -0.25) is 14.9 Å². The summed E-state index contributed by atoms with van der Waals surface area (Å²) in [7, 11) is 0. The summed E-state index contributed by atoms with van der Waals surface area (Å²) in [5.74, 6) is -1.08. The van der Waals surface area contributed by atoms with E-state index in [1.807, 2.05) is 0 Å². The number of allylic oxidation sites excluding steroid dienone is 2. The van der Waals surface area contributed by atoms with Gasteiger partial charge in [-0.1, -0.05) is 22.0 Å². The highest BCUT2D eigenvalue weighted by molar-refractivity contribution is 9.15. The summed E-state index contributed by atoms with van der Waals surface area (Å²) in [5.41, 5.74) is 0. The summed E-state index contributed by atoms with van der Waals surface area (Å²) in [6.07, 6.45) is 3.39. The Hall–Kier alpha value is 0.0600. The van der Waals surface area contributed by atoms with Crippen LogP contribution in [0.1, 0.15) is 0 Å². The third-order valence-corrected chi connectivity index (χ3v) is 5.16. The molecule has 6 heteroatoms. The van der Waals surface area contributed by atoms with Crippen LogP contribution >= 0.6 is 47.8 Å². The van der Waals surface area contributed by atoms with Gasteiger partial charge in [0.15, 0.2) is 0 Å². The first-order valence-electron chi connectivity index (χ1n) is 3.75. The smallest absolute Gasteiger partial charge is 0.248 e. The highest BCUT2D eigenvalue weighted by Gasteiger charge is 2.53. The lowest BCUT2D eigenvalue weighted by molar-refractivity contribution is -0.125. The van der Waals surface area contributed by atoms with Crippen LogP contribution in [-0.2, 0) is 9.59 Å². The van der Waals surface area contributed by atoms with Crippen LogP contribution in [0.3, 0.4) is 0 Å². The summed E-state index contributed by atoms with van der Waals surface area (Å²) < 4.78 is 0.609. The first-order chi connectivity index (χ1) is 6.45. The van der Waals surface area contributed by atoms with Gasteiger partial charge in [-0.2, -0.15) is 0 Å². The summed E-state index contributed by atoms with van der Waals surface area (Å²) in [4.78, 5) is 22.9. The Morgan fingerprint density at radius 3 is 2.57 bits per heavy atom. The number of fused-ring (bicyclic) bond motifs is 1. The van der Waals surface area contributed by atoms with Gasteiger partial charge in [0.1, 0.15) is 4.32 Å². The van der Waals surface area contributed by atoms with Crippen molar-refractivity contribution in [3.8, 4) is 0 Å². The van der Waals surface area contributed by atoms with Crippen LogP contribution in [0.2, 0.25) is 0 Å². The summed E-state index contributed by atoms with van der Waals surface area (Å²) in [6, 6.07) is 0. The van der Waals surface area contributed by atoms with Crippen LogP contribution in [0.5, 0.6) is 0 Å². The molecule has 0 aromatic carbocycles. The molecule has 1 heterocycles. The molecule has 1 aliphatic heterocycles. The quantitative estimate of drug-likeness (QED) is 0.512. The second kappa shape index (κ2) is 3.28. The Balaban J connectivity index is 2.54. The van der Waals surface area contributed by atoms with Gasteiger partial charge < -0.3 is 0 Å². The van der Waals surface area contributed by atoms with E-state index >= 15 is 0 Å². The molecule has 0 spiro atoms. The Morgan fingerprint density at radius 2 is 1.93 bits per heavy atom. The van der Waals surface area contributed by atoms with E-state index in [1.54, 1.807) is 12.2 Å². The van der Waals surface area contributed by atoms with Gasteiger partial charge in [-0.25, -0.2) is 0 Å². The highest BCUT2D eigenvalue weighted by Crippen LogP contribution is 2.44. The fourth-order valence-electron chi connectivity index (χ4n) is 1.45. The maximum absolute atomic E-state index is 11.5. The van der Waals surface area contributed by atoms with Crippen molar-refractivity contribution in [1.29, 1.82) is 0 Å². The maximum atomic E-state index is 11.5. The van der Waals surface area contributed by atoms with Gasteiger partial charge in [0.2, 0.25) is 11.8 Å². The Kier molecular flexibility index (Phi) is 2.48. The highest BCUT2D eigenvalue weighted by atomic mass is 79.9. The third kappa shape index (κ3) is 1.35. The molecule has 0 aromatic rings. The van der Waals surface area contributed by atoms with E-state index in [2.05, 4.69) is 53.1 Å². The molecular formula is C8H4Br3NO2. The predicted octanol–water partition coefficient (Wildman–Crippen LogP) is 1.96. The number of carbonyl (C=O) groups excluding carboxylic acids is 2. The van der Waals surface area contributed by atoms with Crippen molar-refractivity contribution in [3.05, 3.63) is 21.1 Å². The lowest BCUT2D eigenvalue weighted by atomic mass is 9.91. The molecular weight excluding hydrogens is 382 g/mol. The van der Waals surface area contributed by atoms with Gasteiger partial charge in [0, 0.05) is 8.96 Å². The van der Waals surface area contributed by atoms with Crippen LogP contribution in [0.25, 0.3) is 0 Å². The second-order valence-electron chi connectivity index (χ2n) is 3.07. The third-order valence-electron chi connectivity index (χ3n) is 2.20. The number of nitrogens with one attached hydrogen (secondary N) is 1. The molecule has 2 aliphatic rings. The molecule has 74 valence electrons. The molecule has 1 aliphatic carbocycles. The normalized spacial score (nSPS) is 36.1. The van der Waals surface area contributed by atoms with Crippen molar-refractivity contribution in [1.82, 2.24) is 5.32 Å². The number of hydrogen-bond acceptors (Lipinski definition) is 2. The minimum atomic E-state index is -0.930. The van der Waals surface area contributed by atoms with Crippen LogP contribution in [0, 0.1) is 5.92 Å². The van der Waals surface area contributed by atoms with Gasteiger partial charge in [0.25, 0.3) is 0 Å². The number of rotatable bonds is 0. The molecule has 1 saturated heterocycles. The summed E-state index contributed by atoms with van der Waals surface area (Å²) >= 11 is 9.88. The largest absolute Gasteiger partial charge is 0.294 e. The van der Waals surface area contributed by atoms with Crippen LogP contribution < -0.4 is 5.32 Å². The lowest BCUT2D eigenvalue weighted by Gasteiger charge is -2.23. The first kappa shape index (κ1) is 10.6. The zero-order valence-corrected chi connectivity index (χ0v) is 11.4. The van der Waals surface area contributed by atoms with E-state index in [9.17, 15) is 9.59 Å². The molecule has 1 N–H and O–H groups in total. The topological polar surface area (TPSA) is 46.2 Å². The minimum absolute atomic E-state index is 0.278. The number of imide groups is 1. The van der Waals surface area contributed by atoms with Crippen molar-refractivity contribution in [3.63, 3.8) is 0 Å². The molecule has 2 atom stereocenters. The number of hydrogen-bond donors (Lipinski definition) is 1. The van der Waals surface area contributed by atoms with Gasteiger partial charge >= 0.3 is 0 Å². The Bertz CT molecular complexity index is 401. The van der Waals surface area contributed by atoms with E-state index in [0.29, 0.717) is 0 Å². The average Bonchev–Trinajstić information content (AvgIpc) is 2.29. The molecule has 2 amide bonds. The molecule has 0 saturated carbocycles. The molecule has 0 radical (unpaired) electrons. The van der Waals surface area contributed by atoms with E-state index in [-0.39, 0.29) is 11.8 Å². The lowest BCUT2D eigenvalue weighted by Crippen LogP contribution is -2.35. The maximum Gasteiger partial charge on any atom is 0.248 e. The van der Waals surface area contributed by atoms with E-state index in [4.69, 9.17) is 0 Å². The Morgan fingerprint density at radius 1 is 1.29 bits per heavy atom. The molecule has 2 rings (SSSR count). The van der Waals surface area contributed by atoms with Gasteiger partial charge in [0.05, 0.1) is 5.92 Å². The molecule has 1 fully saturated rings. The fraction of sp³-hybridized carbons (Fsp3) is 0.250. The predicted molar refractivity (Wildman–Crippen MR) is 62.3 cm³/mol. The van der Waals surface area contributed by atoms with Crippen LogP contribution in [0.4, 0.5) is 0 Å². The zero-order valence-electron chi connectivity index (χ0n) is 6.68. The van der Waals surface area contributed by atoms with Crippen molar-refractivity contribution >= 4 is 59.6 Å². The Labute approximate surface area is 105 Å². The van der Waals surface area contributed by atoms with Gasteiger partial charge in [-0.05, 0) is 37.9 Å². The summed E-state index contributed by atoms with van der Waals surface area (Å²) in [6.45, 7) is 0. The SMILES string of the molecule is O=C1NC(=O)C2(Br)C=C(Br)C(Br)=CC12. The van der Waals surface area contributed by atoms with E-state index in [0.717, 1.165) is 8.96 Å². The van der Waals surface area contributed by atoms with E-state index < -0.39 is 10.2 Å². The zero-order chi connectivity index (χ0) is 10.5. The van der Waals surface area contributed by atoms with E-state index in [1.165, 1.54) is 0 Å². The fourth-order valence-corrected chi connectivity index (χ4v) is 3.30. The number of halogens is 3. The minimum Gasteiger partial charge on any atom is -0.294 e. The number of amides is 2. The standard InChI is InChI=1S/C8H4Br3NO2/c9-4-1-3-6(13)12-7(14)8(3,11)2-5(4)10/h1-3H,(H,12,13,14). The first-order valence-corrected chi connectivity index (χ1v) is 6.13. The second-order valence-corrected chi connectivity index (χ2v) is 6.09. The number of alkyl halides is 1. The molecule has 2 unspecified atom stereocenters. The average molecular weight is 386 g/mol. The number of carbonyl (C=O) groups is 2. The summed E-state index contributed by atoms with van der Waals surface area (Å²) in [5, 5.41) is 2.28. The van der Waals surface area contributed by atoms with Gasteiger partial charge in [-0.15, -0.1) is 0 Å². The molecule has 0 aromatic heterocycles. The van der Waals surface area contributed by atoms with Crippen molar-refractivity contribution in [2.45, 2.75) is 4.32 Å².